The van der Waals surface area contributed by atoms with Gasteiger partial charge in [-0.05, 0) is 31.9 Å². The number of aryl methyl sites for hydroxylation is 1. The van der Waals surface area contributed by atoms with Crippen LogP contribution in [-0.4, -0.2) is 39.7 Å². The standard InChI is InChI=1S/C15H24N2O2/c1-12-8-9-14(16(12)2)15(19)17(10-11-18)13-6-4-3-5-7-13/h8-9,13,18H,3-7,10-11H2,1-2H3. The number of nitrogens with zero attached hydrogens (tertiary/aromatic N) is 2. The average Bonchev–Trinajstić information content (AvgIpc) is 2.77. The third kappa shape index (κ3) is 3.00. The third-order valence-corrected chi connectivity index (χ3v) is 4.21. The molecule has 1 aliphatic rings. The molecule has 19 heavy (non-hydrogen) atoms. The van der Waals surface area contributed by atoms with E-state index >= 15 is 0 Å². The number of hydrogen-bond donors (Lipinski definition) is 1. The monoisotopic (exact) mass is 264 g/mol. The molecule has 4 heteroatoms. The summed E-state index contributed by atoms with van der Waals surface area (Å²) in [5.74, 6) is 0.0524. The molecule has 1 heterocycles. The van der Waals surface area contributed by atoms with E-state index in [4.69, 9.17) is 0 Å². The predicted octanol–water partition coefficient (Wildman–Crippen LogP) is 2.10. The Balaban J connectivity index is 2.18. The van der Waals surface area contributed by atoms with Crippen molar-refractivity contribution in [3.05, 3.63) is 23.5 Å². The normalized spacial score (nSPS) is 16.6. The van der Waals surface area contributed by atoms with Gasteiger partial charge in [-0.1, -0.05) is 19.3 Å². The van der Waals surface area contributed by atoms with Gasteiger partial charge < -0.3 is 14.6 Å². The summed E-state index contributed by atoms with van der Waals surface area (Å²) in [6, 6.07) is 4.14. The first-order valence-electron chi connectivity index (χ1n) is 7.19. The first-order valence-corrected chi connectivity index (χ1v) is 7.19. The lowest BCUT2D eigenvalue weighted by atomic mass is 9.94. The Morgan fingerprint density at radius 2 is 2.05 bits per heavy atom. The molecule has 0 saturated heterocycles. The molecule has 1 amide bonds. The van der Waals surface area contributed by atoms with Crippen LogP contribution >= 0.6 is 0 Å². The molecule has 1 saturated carbocycles. The zero-order valence-electron chi connectivity index (χ0n) is 11.9. The van der Waals surface area contributed by atoms with Crippen molar-refractivity contribution in [1.29, 1.82) is 0 Å². The number of aromatic nitrogens is 1. The first-order chi connectivity index (χ1) is 9.15. The average molecular weight is 264 g/mol. The van der Waals surface area contributed by atoms with Gasteiger partial charge in [-0.2, -0.15) is 0 Å². The van der Waals surface area contributed by atoms with Gasteiger partial charge in [-0.25, -0.2) is 0 Å². The quantitative estimate of drug-likeness (QED) is 0.905. The maximum absolute atomic E-state index is 12.7. The number of aliphatic hydroxyl groups is 1. The lowest BCUT2D eigenvalue weighted by Gasteiger charge is -2.34. The molecule has 1 fully saturated rings. The molecule has 1 N–H and O–H groups in total. The van der Waals surface area contributed by atoms with Gasteiger partial charge in [0.15, 0.2) is 0 Å². The van der Waals surface area contributed by atoms with Gasteiger partial charge in [0.25, 0.3) is 5.91 Å². The van der Waals surface area contributed by atoms with Crippen LogP contribution in [0.25, 0.3) is 0 Å². The number of carbonyl (C=O) groups excluding carboxylic acids is 1. The molecule has 2 rings (SSSR count). The van der Waals surface area contributed by atoms with Crippen molar-refractivity contribution in [2.45, 2.75) is 45.1 Å². The zero-order chi connectivity index (χ0) is 13.8. The summed E-state index contributed by atoms with van der Waals surface area (Å²) in [7, 11) is 1.92. The second-order valence-corrected chi connectivity index (χ2v) is 5.43. The largest absolute Gasteiger partial charge is 0.395 e. The van der Waals surface area contributed by atoms with E-state index < -0.39 is 0 Å². The van der Waals surface area contributed by atoms with E-state index in [1.54, 1.807) is 0 Å². The molecular formula is C15H24N2O2. The van der Waals surface area contributed by atoms with Crippen LogP contribution in [0.4, 0.5) is 0 Å². The molecule has 1 aliphatic carbocycles. The van der Waals surface area contributed by atoms with Gasteiger partial charge in [0, 0.05) is 25.3 Å². The first kappa shape index (κ1) is 14.1. The summed E-state index contributed by atoms with van der Waals surface area (Å²) >= 11 is 0. The van der Waals surface area contributed by atoms with Gasteiger partial charge in [0.1, 0.15) is 5.69 Å². The van der Waals surface area contributed by atoms with Crippen molar-refractivity contribution in [2.24, 2.45) is 7.05 Å². The summed E-state index contributed by atoms with van der Waals surface area (Å²) in [6.07, 6.45) is 5.77. The number of amides is 1. The number of aliphatic hydroxyl groups excluding tert-OH is 1. The molecule has 1 aromatic heterocycles. The van der Waals surface area contributed by atoms with Crippen LogP contribution in [0.15, 0.2) is 12.1 Å². The van der Waals surface area contributed by atoms with Crippen LogP contribution in [-0.2, 0) is 7.05 Å². The fraction of sp³-hybridized carbons (Fsp3) is 0.667. The Hall–Kier alpha value is -1.29. The molecule has 4 nitrogen and oxygen atoms in total. The smallest absolute Gasteiger partial charge is 0.270 e. The molecule has 0 bridgehead atoms. The highest BCUT2D eigenvalue weighted by Gasteiger charge is 2.27. The Morgan fingerprint density at radius 1 is 1.37 bits per heavy atom. The van der Waals surface area contributed by atoms with E-state index in [2.05, 4.69) is 0 Å². The van der Waals surface area contributed by atoms with Crippen molar-refractivity contribution in [3.63, 3.8) is 0 Å². The molecule has 0 unspecified atom stereocenters. The minimum atomic E-state index is 0.0334. The van der Waals surface area contributed by atoms with E-state index in [0.717, 1.165) is 24.2 Å². The van der Waals surface area contributed by atoms with E-state index in [-0.39, 0.29) is 12.5 Å². The Morgan fingerprint density at radius 3 is 2.58 bits per heavy atom. The van der Waals surface area contributed by atoms with Crippen molar-refractivity contribution < 1.29 is 9.90 Å². The Kier molecular flexibility index (Phi) is 4.64. The van der Waals surface area contributed by atoms with Gasteiger partial charge in [-0.3, -0.25) is 4.79 Å². The van der Waals surface area contributed by atoms with Gasteiger partial charge in [-0.15, -0.1) is 0 Å². The van der Waals surface area contributed by atoms with Crippen molar-refractivity contribution in [1.82, 2.24) is 9.47 Å². The number of carbonyl (C=O) groups is 1. The van der Waals surface area contributed by atoms with E-state index in [9.17, 15) is 9.90 Å². The molecule has 0 spiro atoms. The van der Waals surface area contributed by atoms with E-state index in [1.807, 2.05) is 35.6 Å². The second-order valence-electron chi connectivity index (χ2n) is 5.43. The predicted molar refractivity (Wildman–Crippen MR) is 75.1 cm³/mol. The molecular weight excluding hydrogens is 240 g/mol. The number of hydrogen-bond acceptors (Lipinski definition) is 2. The van der Waals surface area contributed by atoms with Gasteiger partial charge >= 0.3 is 0 Å². The van der Waals surface area contributed by atoms with Gasteiger partial charge in [0.05, 0.1) is 6.61 Å². The van der Waals surface area contributed by atoms with Crippen LogP contribution in [0.1, 0.15) is 48.3 Å². The van der Waals surface area contributed by atoms with Crippen molar-refractivity contribution in [3.8, 4) is 0 Å². The Bertz CT molecular complexity index is 433. The maximum Gasteiger partial charge on any atom is 0.270 e. The highest BCUT2D eigenvalue weighted by atomic mass is 16.3. The zero-order valence-corrected chi connectivity index (χ0v) is 11.9. The van der Waals surface area contributed by atoms with Crippen molar-refractivity contribution in [2.75, 3.05) is 13.2 Å². The van der Waals surface area contributed by atoms with Crippen LogP contribution in [0, 0.1) is 6.92 Å². The highest BCUT2D eigenvalue weighted by Crippen LogP contribution is 2.24. The second kappa shape index (κ2) is 6.24. The highest BCUT2D eigenvalue weighted by molar-refractivity contribution is 5.93. The van der Waals surface area contributed by atoms with E-state index in [1.165, 1.54) is 19.3 Å². The summed E-state index contributed by atoms with van der Waals surface area (Å²) in [4.78, 5) is 14.5. The van der Waals surface area contributed by atoms with E-state index in [0.29, 0.717) is 12.6 Å². The fourth-order valence-corrected chi connectivity index (χ4v) is 2.93. The minimum Gasteiger partial charge on any atom is -0.395 e. The van der Waals surface area contributed by atoms with Crippen LogP contribution in [0.2, 0.25) is 0 Å². The van der Waals surface area contributed by atoms with Gasteiger partial charge in [0.2, 0.25) is 0 Å². The summed E-state index contributed by atoms with van der Waals surface area (Å²) < 4.78 is 1.93. The minimum absolute atomic E-state index is 0.0334. The molecule has 0 radical (unpaired) electrons. The van der Waals surface area contributed by atoms with Crippen LogP contribution < -0.4 is 0 Å². The lowest BCUT2D eigenvalue weighted by Crippen LogP contribution is -2.43. The molecule has 0 aliphatic heterocycles. The Labute approximate surface area is 115 Å². The molecule has 106 valence electrons. The van der Waals surface area contributed by atoms with Crippen molar-refractivity contribution >= 4 is 5.91 Å². The SMILES string of the molecule is Cc1ccc(C(=O)N(CCO)C2CCCCC2)n1C. The topological polar surface area (TPSA) is 45.5 Å². The fourth-order valence-electron chi connectivity index (χ4n) is 2.93. The van der Waals surface area contributed by atoms with Crippen LogP contribution in [0.3, 0.4) is 0 Å². The molecule has 0 atom stereocenters. The summed E-state index contributed by atoms with van der Waals surface area (Å²) in [5, 5.41) is 9.24. The summed E-state index contributed by atoms with van der Waals surface area (Å²) in [6.45, 7) is 2.47. The third-order valence-electron chi connectivity index (χ3n) is 4.21. The molecule has 1 aromatic rings. The molecule has 0 aromatic carbocycles. The summed E-state index contributed by atoms with van der Waals surface area (Å²) in [5.41, 5.74) is 1.80. The maximum atomic E-state index is 12.7. The number of rotatable bonds is 4. The van der Waals surface area contributed by atoms with Crippen LogP contribution in [0.5, 0.6) is 0 Å². The lowest BCUT2D eigenvalue weighted by molar-refractivity contribution is 0.0575.